The molecule has 2 saturated carbocycles. The molecule has 0 heterocycles. The molecule has 3 aliphatic rings. The van der Waals surface area contributed by atoms with E-state index in [1.165, 1.54) is 0 Å². The molecule has 3 rings (SSSR count). The predicted octanol–water partition coefficient (Wildman–Crippen LogP) is 1.51. The quantitative estimate of drug-likeness (QED) is 0.796. The van der Waals surface area contributed by atoms with E-state index in [2.05, 4.69) is 6.58 Å². The van der Waals surface area contributed by atoms with Gasteiger partial charge < -0.3 is 5.11 Å². The van der Waals surface area contributed by atoms with E-state index in [9.17, 15) is 18.3 Å². The summed E-state index contributed by atoms with van der Waals surface area (Å²) < 4.78 is 27.3. The third kappa shape index (κ3) is 2.05. The van der Waals surface area contributed by atoms with Gasteiger partial charge in [-0.15, -0.1) is 0 Å². The van der Waals surface area contributed by atoms with Crippen molar-refractivity contribution in [2.45, 2.75) is 32.3 Å². The van der Waals surface area contributed by atoms with Crippen molar-refractivity contribution >= 4 is 15.9 Å². The number of fused-ring (bicyclic) bond motifs is 1. The average Bonchev–Trinajstić information content (AvgIpc) is 3.13. The lowest BCUT2D eigenvalue weighted by atomic mass is 9.66. The molecule has 0 amide bonds. The van der Waals surface area contributed by atoms with Crippen LogP contribution < -0.4 is 0 Å². The zero-order valence-corrected chi connectivity index (χ0v) is 13.8. The van der Waals surface area contributed by atoms with E-state index in [0.29, 0.717) is 5.57 Å². The van der Waals surface area contributed by atoms with Gasteiger partial charge in [-0.3, -0.25) is 8.98 Å². The highest BCUT2D eigenvalue weighted by Gasteiger charge is 2.66. The number of carbonyl (C=O) groups is 1. The lowest BCUT2D eigenvalue weighted by Gasteiger charge is -2.39. The van der Waals surface area contributed by atoms with E-state index in [-0.39, 0.29) is 12.4 Å². The highest BCUT2D eigenvalue weighted by Crippen LogP contribution is 2.66. The second-order valence-corrected chi connectivity index (χ2v) is 8.69. The van der Waals surface area contributed by atoms with Gasteiger partial charge in [0.05, 0.1) is 12.9 Å². The van der Waals surface area contributed by atoms with Crippen LogP contribution in [0.25, 0.3) is 0 Å². The molecule has 6 heteroatoms. The Hall–Kier alpha value is -1.24. The summed E-state index contributed by atoms with van der Waals surface area (Å²) >= 11 is 0. The Kier molecular flexibility index (Phi) is 2.98. The van der Waals surface area contributed by atoms with E-state index in [1.54, 1.807) is 19.9 Å². The highest BCUT2D eigenvalue weighted by molar-refractivity contribution is 7.85. The summed E-state index contributed by atoms with van der Waals surface area (Å²) in [6, 6.07) is 0. The fourth-order valence-electron chi connectivity index (χ4n) is 3.56. The van der Waals surface area contributed by atoms with Gasteiger partial charge in [-0.2, -0.15) is 8.42 Å². The Bertz CT molecular complexity index is 715. The molecule has 2 unspecified atom stereocenters. The second-order valence-electron chi connectivity index (χ2n) is 7.05. The van der Waals surface area contributed by atoms with Crippen LogP contribution in [0.4, 0.5) is 0 Å². The molecule has 0 bridgehead atoms. The molecule has 5 nitrogen and oxygen atoms in total. The van der Waals surface area contributed by atoms with Gasteiger partial charge in [0.15, 0.2) is 5.78 Å². The fraction of sp³-hybridized carbons (Fsp3) is 0.562. The van der Waals surface area contributed by atoms with Gasteiger partial charge in [-0.25, -0.2) is 0 Å². The number of hydrogen-bond acceptors (Lipinski definition) is 5. The maximum Gasteiger partial charge on any atom is 0.264 e. The van der Waals surface area contributed by atoms with Crippen molar-refractivity contribution < 1.29 is 22.5 Å². The third-order valence-electron chi connectivity index (χ3n) is 5.09. The van der Waals surface area contributed by atoms with Crippen LogP contribution in [0, 0.1) is 10.8 Å². The molecule has 0 aromatic carbocycles. The fourth-order valence-corrected chi connectivity index (χ4v) is 4.02. The number of aliphatic hydroxyl groups is 1. The second kappa shape index (κ2) is 4.19. The van der Waals surface area contributed by atoms with E-state index >= 15 is 0 Å². The number of carbonyl (C=O) groups excluding carboxylic acids is 1. The normalized spacial score (nSPS) is 36.2. The average molecular weight is 324 g/mol. The number of rotatable bonds is 3. The first-order valence-electron chi connectivity index (χ1n) is 7.19. The monoisotopic (exact) mass is 324 g/mol. The molecular weight excluding hydrogens is 304 g/mol. The summed E-state index contributed by atoms with van der Waals surface area (Å²) in [5.74, 6) is -0.313. The molecule has 2 fully saturated rings. The van der Waals surface area contributed by atoms with Crippen molar-refractivity contribution in [1.82, 2.24) is 0 Å². The topological polar surface area (TPSA) is 80.7 Å². The first-order chi connectivity index (χ1) is 9.92. The van der Waals surface area contributed by atoms with Crippen LogP contribution >= 0.6 is 0 Å². The molecule has 22 heavy (non-hydrogen) atoms. The molecule has 0 aromatic heterocycles. The van der Waals surface area contributed by atoms with Gasteiger partial charge in [0.2, 0.25) is 0 Å². The summed E-state index contributed by atoms with van der Waals surface area (Å²) in [5.41, 5.74) is -0.790. The van der Waals surface area contributed by atoms with Crippen LogP contribution in [-0.2, 0) is 19.1 Å². The van der Waals surface area contributed by atoms with Crippen molar-refractivity contribution in [3.05, 3.63) is 35.5 Å². The first-order valence-corrected chi connectivity index (χ1v) is 9.01. The molecule has 1 spiro atoms. The molecule has 120 valence electrons. The molecular formula is C16H20O5S. The summed E-state index contributed by atoms with van der Waals surface area (Å²) in [6.07, 6.45) is 6.00. The van der Waals surface area contributed by atoms with Gasteiger partial charge in [0.25, 0.3) is 10.1 Å². The third-order valence-corrected chi connectivity index (χ3v) is 5.64. The summed E-state index contributed by atoms with van der Waals surface area (Å²) in [4.78, 5) is 12.7. The zero-order chi connectivity index (χ0) is 16.6. The zero-order valence-electron chi connectivity index (χ0n) is 13.0. The summed E-state index contributed by atoms with van der Waals surface area (Å²) in [6.45, 7) is 7.37. The van der Waals surface area contributed by atoms with Crippen LogP contribution in [-0.4, -0.2) is 37.8 Å². The maximum absolute atomic E-state index is 12.7. The van der Waals surface area contributed by atoms with Crippen LogP contribution in [0.1, 0.15) is 26.7 Å². The first kappa shape index (κ1) is 15.6. The Morgan fingerprint density at radius 1 is 1.27 bits per heavy atom. The molecule has 0 aromatic rings. The van der Waals surface area contributed by atoms with Gasteiger partial charge in [0.1, 0.15) is 5.60 Å². The molecule has 3 aliphatic carbocycles. The van der Waals surface area contributed by atoms with E-state index in [1.807, 2.05) is 6.08 Å². The lowest BCUT2D eigenvalue weighted by Crippen LogP contribution is -2.50. The van der Waals surface area contributed by atoms with Crippen molar-refractivity contribution in [3.8, 4) is 0 Å². The molecule has 0 saturated heterocycles. The van der Waals surface area contributed by atoms with Gasteiger partial charge in [-0.05, 0) is 30.9 Å². The van der Waals surface area contributed by atoms with E-state index in [0.717, 1.165) is 30.2 Å². The van der Waals surface area contributed by atoms with Crippen molar-refractivity contribution in [2.75, 3.05) is 12.9 Å². The Morgan fingerprint density at radius 2 is 1.82 bits per heavy atom. The number of Topliss-reactive ketones (excluding diaryl/α,β-unsaturated/α-hetero) is 1. The molecule has 1 N–H and O–H groups in total. The van der Waals surface area contributed by atoms with Gasteiger partial charge >= 0.3 is 0 Å². The van der Waals surface area contributed by atoms with Gasteiger partial charge in [-0.1, -0.05) is 25.7 Å². The van der Waals surface area contributed by atoms with E-state index in [4.69, 9.17) is 4.18 Å². The standard InChI is InChI=1S/C16H20O5S/c1-10-11-7-14(2,9-21-22(4,19)20)8-12(11)13(17)15(3,18)16(10)5-6-16/h7-8,18H,1,5-6,9H2,2-4H3. The minimum absolute atomic E-state index is 0.0749. The van der Waals surface area contributed by atoms with Crippen LogP contribution in [0.15, 0.2) is 35.5 Å². The van der Waals surface area contributed by atoms with Gasteiger partial charge in [0, 0.05) is 16.4 Å². The number of allylic oxidation sites excluding steroid dienone is 1. The van der Waals surface area contributed by atoms with Crippen molar-refractivity contribution in [1.29, 1.82) is 0 Å². The van der Waals surface area contributed by atoms with Crippen LogP contribution in [0.3, 0.4) is 0 Å². The Morgan fingerprint density at radius 3 is 2.32 bits per heavy atom. The summed E-state index contributed by atoms with van der Waals surface area (Å²) in [7, 11) is -3.56. The van der Waals surface area contributed by atoms with E-state index < -0.39 is 26.5 Å². The minimum atomic E-state index is -3.56. The Balaban J connectivity index is 2.00. The van der Waals surface area contributed by atoms with Crippen LogP contribution in [0.2, 0.25) is 0 Å². The van der Waals surface area contributed by atoms with Crippen LogP contribution in [0.5, 0.6) is 0 Å². The maximum atomic E-state index is 12.7. The van der Waals surface area contributed by atoms with Crippen molar-refractivity contribution in [2.24, 2.45) is 10.8 Å². The molecule has 0 aliphatic heterocycles. The number of hydrogen-bond donors (Lipinski definition) is 1. The van der Waals surface area contributed by atoms with Crippen molar-refractivity contribution in [3.63, 3.8) is 0 Å². The SMILES string of the molecule is C=C1C2=CC(C)(COS(C)(=O)=O)C=C2C(=O)C(C)(O)C12CC2. The Labute approximate surface area is 130 Å². The molecule has 0 radical (unpaired) electrons. The predicted molar refractivity (Wildman–Crippen MR) is 81.5 cm³/mol. The minimum Gasteiger partial charge on any atom is -0.381 e. The number of ketones is 1. The summed E-state index contributed by atoms with van der Waals surface area (Å²) in [5, 5.41) is 10.7. The largest absolute Gasteiger partial charge is 0.381 e. The molecule has 2 atom stereocenters. The lowest BCUT2D eigenvalue weighted by molar-refractivity contribution is -0.137. The highest BCUT2D eigenvalue weighted by atomic mass is 32.2. The smallest absolute Gasteiger partial charge is 0.264 e.